The molecule has 0 unspecified atom stereocenters. The third kappa shape index (κ3) is 4.76. The standard InChI is InChI=1S/C24H22ClFN4O3/c1-15-11-29(14-27-15)21-8-7-19(10-23(21)33-2)28-20-9-17(25)12-30(24(20)32)22(13-31)16-3-5-18(26)6-4-16/h3-12,14,22,28,31H,13H2,1-2H3/t22-/m0/s1. The summed E-state index contributed by atoms with van der Waals surface area (Å²) in [4.78, 5) is 17.5. The fourth-order valence-electron chi connectivity index (χ4n) is 3.60. The van der Waals surface area contributed by atoms with Gasteiger partial charge < -0.3 is 24.3 Å². The number of hydrogen-bond donors (Lipinski definition) is 2. The Bertz CT molecular complexity index is 1330. The molecule has 0 aliphatic rings. The molecule has 0 bridgehead atoms. The Kier molecular flexibility index (Phi) is 6.48. The van der Waals surface area contributed by atoms with Crippen LogP contribution in [0.1, 0.15) is 17.3 Å². The predicted molar refractivity (Wildman–Crippen MR) is 125 cm³/mol. The minimum absolute atomic E-state index is 0.219. The minimum Gasteiger partial charge on any atom is -0.494 e. The van der Waals surface area contributed by atoms with Crippen LogP contribution in [0.25, 0.3) is 5.69 Å². The molecule has 4 rings (SSSR count). The first-order chi connectivity index (χ1) is 15.9. The van der Waals surface area contributed by atoms with Gasteiger partial charge in [-0.1, -0.05) is 23.7 Å². The lowest BCUT2D eigenvalue weighted by Crippen LogP contribution is -2.28. The van der Waals surface area contributed by atoms with Crippen LogP contribution in [0.4, 0.5) is 15.8 Å². The maximum absolute atomic E-state index is 13.3. The number of methoxy groups -OCH3 is 1. The van der Waals surface area contributed by atoms with Crippen molar-refractivity contribution in [1.82, 2.24) is 14.1 Å². The lowest BCUT2D eigenvalue weighted by molar-refractivity contribution is 0.247. The van der Waals surface area contributed by atoms with E-state index in [4.69, 9.17) is 16.3 Å². The van der Waals surface area contributed by atoms with Crippen LogP contribution >= 0.6 is 11.6 Å². The molecule has 0 aliphatic carbocycles. The molecule has 0 aliphatic heterocycles. The molecule has 2 aromatic heterocycles. The van der Waals surface area contributed by atoms with Crippen LogP contribution in [-0.4, -0.2) is 32.9 Å². The second kappa shape index (κ2) is 9.48. The van der Waals surface area contributed by atoms with E-state index < -0.39 is 17.4 Å². The maximum atomic E-state index is 13.3. The van der Waals surface area contributed by atoms with E-state index in [2.05, 4.69) is 10.3 Å². The highest BCUT2D eigenvalue weighted by Crippen LogP contribution is 2.29. The number of aliphatic hydroxyl groups excluding tert-OH is 1. The number of ether oxygens (including phenoxy) is 1. The van der Waals surface area contributed by atoms with Crippen LogP contribution in [0.2, 0.25) is 5.02 Å². The SMILES string of the molecule is COc1cc(Nc2cc(Cl)cn([C@@H](CO)c3ccc(F)cc3)c2=O)ccc1-n1cnc(C)c1. The molecule has 2 N–H and O–H groups in total. The van der Waals surface area contributed by atoms with Gasteiger partial charge in [-0.3, -0.25) is 4.79 Å². The van der Waals surface area contributed by atoms with Crippen molar-refractivity contribution in [3.63, 3.8) is 0 Å². The quantitative estimate of drug-likeness (QED) is 0.418. The van der Waals surface area contributed by atoms with Crippen molar-refractivity contribution < 1.29 is 14.2 Å². The number of nitrogens with zero attached hydrogens (tertiary/aromatic N) is 3. The Morgan fingerprint density at radius 1 is 1.18 bits per heavy atom. The van der Waals surface area contributed by atoms with Crippen molar-refractivity contribution in [3.05, 3.63) is 99.7 Å². The lowest BCUT2D eigenvalue weighted by Gasteiger charge is -2.20. The van der Waals surface area contributed by atoms with Crippen LogP contribution < -0.4 is 15.6 Å². The smallest absolute Gasteiger partial charge is 0.274 e. The molecule has 0 spiro atoms. The highest BCUT2D eigenvalue weighted by molar-refractivity contribution is 6.30. The summed E-state index contributed by atoms with van der Waals surface area (Å²) in [5.74, 6) is 0.179. The second-order valence-corrected chi connectivity index (χ2v) is 7.90. The minimum atomic E-state index is -0.723. The first-order valence-corrected chi connectivity index (χ1v) is 10.5. The van der Waals surface area contributed by atoms with E-state index >= 15 is 0 Å². The van der Waals surface area contributed by atoms with Crippen LogP contribution in [0.15, 0.2) is 72.0 Å². The van der Waals surface area contributed by atoms with Gasteiger partial charge in [-0.05, 0) is 42.8 Å². The van der Waals surface area contributed by atoms with E-state index in [0.29, 0.717) is 22.0 Å². The molecule has 0 saturated carbocycles. The average molecular weight is 469 g/mol. The van der Waals surface area contributed by atoms with E-state index in [1.807, 2.05) is 23.8 Å². The van der Waals surface area contributed by atoms with E-state index in [9.17, 15) is 14.3 Å². The van der Waals surface area contributed by atoms with Crippen LogP contribution in [0.3, 0.4) is 0 Å². The van der Waals surface area contributed by atoms with Gasteiger partial charge in [-0.25, -0.2) is 9.37 Å². The number of anilines is 2. The molecule has 9 heteroatoms. The van der Waals surface area contributed by atoms with E-state index in [-0.39, 0.29) is 12.3 Å². The molecule has 0 amide bonds. The number of rotatable bonds is 7. The van der Waals surface area contributed by atoms with Crippen molar-refractivity contribution in [2.24, 2.45) is 0 Å². The summed E-state index contributed by atoms with van der Waals surface area (Å²) in [6.45, 7) is 1.53. The molecule has 2 aromatic carbocycles. The van der Waals surface area contributed by atoms with Gasteiger partial charge in [-0.15, -0.1) is 0 Å². The van der Waals surface area contributed by atoms with Gasteiger partial charge in [0.05, 0.1) is 42.5 Å². The van der Waals surface area contributed by atoms with Gasteiger partial charge in [0.25, 0.3) is 5.56 Å². The van der Waals surface area contributed by atoms with Crippen molar-refractivity contribution in [2.45, 2.75) is 13.0 Å². The largest absolute Gasteiger partial charge is 0.494 e. The predicted octanol–water partition coefficient (Wildman–Crippen LogP) is 4.47. The topological polar surface area (TPSA) is 81.3 Å². The number of aliphatic hydroxyl groups is 1. The number of halogens is 2. The third-order valence-electron chi connectivity index (χ3n) is 5.22. The summed E-state index contributed by atoms with van der Waals surface area (Å²) in [7, 11) is 1.56. The number of pyridine rings is 1. The summed E-state index contributed by atoms with van der Waals surface area (Å²) < 4.78 is 22.0. The Morgan fingerprint density at radius 3 is 2.58 bits per heavy atom. The molecule has 7 nitrogen and oxygen atoms in total. The van der Waals surface area contributed by atoms with Gasteiger partial charge >= 0.3 is 0 Å². The van der Waals surface area contributed by atoms with Crippen LogP contribution in [-0.2, 0) is 0 Å². The summed E-state index contributed by atoms with van der Waals surface area (Å²) in [5, 5.41) is 13.4. The first-order valence-electron chi connectivity index (χ1n) is 10.1. The van der Waals surface area contributed by atoms with Crippen LogP contribution in [0.5, 0.6) is 5.75 Å². The third-order valence-corrected chi connectivity index (χ3v) is 5.43. The van der Waals surface area contributed by atoms with Gasteiger partial charge in [0, 0.05) is 24.1 Å². The number of aryl methyl sites for hydroxylation is 1. The molecule has 0 fully saturated rings. The Hall–Kier alpha value is -3.62. The molecule has 0 saturated heterocycles. The molecule has 170 valence electrons. The number of benzene rings is 2. The van der Waals surface area contributed by atoms with Crippen molar-refractivity contribution >= 4 is 23.0 Å². The average Bonchev–Trinajstić information content (AvgIpc) is 3.24. The molecule has 1 atom stereocenters. The van der Waals surface area contributed by atoms with Gasteiger partial charge in [0.1, 0.15) is 17.3 Å². The summed E-state index contributed by atoms with van der Waals surface area (Å²) in [5.41, 5.74) is 2.69. The molecule has 0 radical (unpaired) electrons. The van der Waals surface area contributed by atoms with E-state index in [1.165, 1.54) is 41.1 Å². The van der Waals surface area contributed by atoms with Gasteiger partial charge in [-0.2, -0.15) is 0 Å². The molecule has 4 aromatic rings. The lowest BCUT2D eigenvalue weighted by atomic mass is 10.1. The number of aromatic nitrogens is 3. The van der Waals surface area contributed by atoms with Gasteiger partial charge in [0.2, 0.25) is 0 Å². The highest BCUT2D eigenvalue weighted by Gasteiger charge is 2.18. The Balaban J connectivity index is 1.70. The second-order valence-electron chi connectivity index (χ2n) is 7.47. The van der Waals surface area contributed by atoms with E-state index in [0.717, 1.165) is 11.4 Å². The monoisotopic (exact) mass is 468 g/mol. The van der Waals surface area contributed by atoms with Crippen LogP contribution in [0, 0.1) is 12.7 Å². The van der Waals surface area contributed by atoms with Crippen molar-refractivity contribution in [2.75, 3.05) is 19.0 Å². The summed E-state index contributed by atoms with van der Waals surface area (Å²) >= 11 is 6.29. The highest BCUT2D eigenvalue weighted by atomic mass is 35.5. The zero-order valence-corrected chi connectivity index (χ0v) is 18.8. The Labute approximate surface area is 194 Å². The van der Waals surface area contributed by atoms with Crippen molar-refractivity contribution in [3.8, 4) is 11.4 Å². The molecule has 33 heavy (non-hydrogen) atoms. The first kappa shape index (κ1) is 22.6. The molecular formula is C24H22ClFN4O3. The van der Waals surface area contributed by atoms with Gasteiger partial charge in [0.15, 0.2) is 0 Å². The number of hydrogen-bond acceptors (Lipinski definition) is 5. The normalized spacial score (nSPS) is 11.9. The molecular weight excluding hydrogens is 447 g/mol. The maximum Gasteiger partial charge on any atom is 0.274 e. The fraction of sp³-hybridized carbons (Fsp3) is 0.167. The summed E-state index contributed by atoms with van der Waals surface area (Å²) in [6.07, 6.45) is 5.02. The number of imidazole rings is 1. The fourth-order valence-corrected chi connectivity index (χ4v) is 3.82. The molecule has 2 heterocycles. The zero-order valence-electron chi connectivity index (χ0n) is 18.0. The van der Waals surface area contributed by atoms with Crippen molar-refractivity contribution in [1.29, 1.82) is 0 Å². The summed E-state index contributed by atoms with van der Waals surface area (Å²) in [6, 6.07) is 11.8. The Morgan fingerprint density at radius 2 is 1.94 bits per heavy atom. The number of nitrogens with one attached hydrogen (secondary N) is 1. The van der Waals surface area contributed by atoms with E-state index in [1.54, 1.807) is 25.6 Å². The zero-order chi connectivity index (χ0) is 23.5.